The first-order chi connectivity index (χ1) is 15.3. The first-order valence-corrected chi connectivity index (χ1v) is 10.8. The molecule has 2 atom stereocenters. The number of ether oxygens (including phenoxy) is 1. The number of H-pyrrole nitrogens is 1. The van der Waals surface area contributed by atoms with Crippen molar-refractivity contribution in [2.45, 2.75) is 56.7 Å². The molecule has 2 saturated carbocycles. The monoisotopic (exact) mass is 448 g/mol. The van der Waals surface area contributed by atoms with Crippen molar-refractivity contribution < 1.29 is 28.2 Å². The highest BCUT2D eigenvalue weighted by atomic mass is 19.1. The molecule has 1 heterocycles. The van der Waals surface area contributed by atoms with Crippen molar-refractivity contribution in [1.82, 2.24) is 15.5 Å². The number of carbonyl (C=O) groups excluding carboxylic acids is 2. The van der Waals surface area contributed by atoms with Crippen LogP contribution in [0, 0.1) is 17.6 Å². The van der Waals surface area contributed by atoms with Crippen LogP contribution >= 0.6 is 0 Å². The maximum atomic E-state index is 13.3. The van der Waals surface area contributed by atoms with Gasteiger partial charge in [0.25, 0.3) is 0 Å². The molecule has 2 fully saturated rings. The van der Waals surface area contributed by atoms with Crippen LogP contribution in [0.15, 0.2) is 24.3 Å². The van der Waals surface area contributed by atoms with Gasteiger partial charge in [0.05, 0.1) is 12.5 Å². The SMILES string of the molecule is O=C(Cc1cc(F)cc(F)c1)Nc1cc([C@@H]2CC[C@H](OC(=O)NCC3CC(O)C3)C2)[nH]n1. The Kier molecular flexibility index (Phi) is 6.69. The molecule has 1 aromatic heterocycles. The lowest BCUT2D eigenvalue weighted by molar-refractivity contribution is -0.115. The van der Waals surface area contributed by atoms with Crippen molar-refractivity contribution in [2.75, 3.05) is 11.9 Å². The van der Waals surface area contributed by atoms with E-state index in [2.05, 4.69) is 20.8 Å². The van der Waals surface area contributed by atoms with Gasteiger partial charge < -0.3 is 20.5 Å². The van der Waals surface area contributed by atoms with E-state index in [1.54, 1.807) is 6.07 Å². The van der Waals surface area contributed by atoms with E-state index in [0.29, 0.717) is 37.5 Å². The Labute approximate surface area is 183 Å². The first kappa shape index (κ1) is 22.2. The highest BCUT2D eigenvalue weighted by Crippen LogP contribution is 2.36. The summed E-state index contributed by atoms with van der Waals surface area (Å²) in [6.45, 7) is 0.512. The Balaban J connectivity index is 1.22. The highest BCUT2D eigenvalue weighted by Gasteiger charge is 2.31. The fourth-order valence-electron chi connectivity index (χ4n) is 4.31. The Morgan fingerprint density at radius 2 is 1.88 bits per heavy atom. The standard InChI is InChI=1S/C22H26F2N4O4/c23-15-3-12(4-16(24)9-15)7-21(30)26-20-10-19(27-28-20)14-1-2-18(8-14)32-22(31)25-11-13-5-17(29)6-13/h3-4,9-10,13-14,17-18,29H,1-2,5-8,11H2,(H,25,31)(H2,26,27,28,30)/t13?,14-,17?,18+/m1/s1. The van der Waals surface area contributed by atoms with E-state index in [1.807, 2.05) is 0 Å². The predicted molar refractivity (Wildman–Crippen MR) is 111 cm³/mol. The molecule has 8 nitrogen and oxygen atoms in total. The largest absolute Gasteiger partial charge is 0.446 e. The number of aromatic nitrogens is 2. The lowest BCUT2D eigenvalue weighted by Crippen LogP contribution is -2.39. The number of amides is 2. The quantitative estimate of drug-likeness (QED) is 0.520. The molecule has 1 aromatic carbocycles. The maximum absolute atomic E-state index is 13.3. The fraction of sp³-hybridized carbons (Fsp3) is 0.500. The minimum atomic E-state index is -0.733. The molecule has 2 aromatic rings. The van der Waals surface area contributed by atoms with Gasteiger partial charge >= 0.3 is 6.09 Å². The number of carbonyl (C=O) groups is 2. The molecule has 172 valence electrons. The average Bonchev–Trinajstić information content (AvgIpc) is 3.32. The van der Waals surface area contributed by atoms with E-state index in [1.165, 1.54) is 0 Å². The maximum Gasteiger partial charge on any atom is 0.407 e. The number of benzene rings is 1. The summed E-state index contributed by atoms with van der Waals surface area (Å²) in [5.41, 5.74) is 1.06. The molecule has 0 bridgehead atoms. The molecular formula is C22H26F2N4O4. The number of alkyl carbamates (subject to hydrolysis) is 1. The topological polar surface area (TPSA) is 116 Å². The number of hydrogen-bond donors (Lipinski definition) is 4. The number of aliphatic hydroxyl groups excluding tert-OH is 1. The van der Waals surface area contributed by atoms with Crippen LogP contribution in [0.3, 0.4) is 0 Å². The lowest BCUT2D eigenvalue weighted by atomic mass is 9.82. The minimum absolute atomic E-state index is 0.116. The second-order valence-electron chi connectivity index (χ2n) is 8.62. The third kappa shape index (κ3) is 5.82. The van der Waals surface area contributed by atoms with Gasteiger partial charge in [0.2, 0.25) is 5.91 Å². The summed E-state index contributed by atoms with van der Waals surface area (Å²) >= 11 is 0. The van der Waals surface area contributed by atoms with Crippen LogP contribution in [-0.4, -0.2) is 46.1 Å². The summed E-state index contributed by atoms with van der Waals surface area (Å²) in [7, 11) is 0. The van der Waals surface area contributed by atoms with Gasteiger partial charge in [-0.2, -0.15) is 5.10 Å². The van der Waals surface area contributed by atoms with E-state index in [0.717, 1.165) is 36.7 Å². The van der Waals surface area contributed by atoms with Crippen molar-refractivity contribution in [3.8, 4) is 0 Å². The van der Waals surface area contributed by atoms with Crippen molar-refractivity contribution in [3.05, 3.63) is 47.2 Å². The van der Waals surface area contributed by atoms with Gasteiger partial charge in [-0.3, -0.25) is 9.89 Å². The third-order valence-corrected chi connectivity index (χ3v) is 6.00. The smallest absolute Gasteiger partial charge is 0.407 e. The van der Waals surface area contributed by atoms with E-state index in [4.69, 9.17) is 4.74 Å². The van der Waals surface area contributed by atoms with Gasteiger partial charge in [-0.25, -0.2) is 13.6 Å². The van der Waals surface area contributed by atoms with Crippen molar-refractivity contribution >= 4 is 17.8 Å². The molecule has 10 heteroatoms. The van der Waals surface area contributed by atoms with E-state index >= 15 is 0 Å². The van der Waals surface area contributed by atoms with Gasteiger partial charge in [0, 0.05) is 30.3 Å². The normalized spacial score (nSPS) is 24.6. The fourth-order valence-corrected chi connectivity index (χ4v) is 4.31. The van der Waals surface area contributed by atoms with Crippen molar-refractivity contribution in [1.29, 1.82) is 0 Å². The second-order valence-corrected chi connectivity index (χ2v) is 8.62. The van der Waals surface area contributed by atoms with Crippen LogP contribution in [0.5, 0.6) is 0 Å². The number of rotatable bonds is 7. The Morgan fingerprint density at radius 1 is 1.12 bits per heavy atom. The number of aliphatic hydroxyl groups is 1. The summed E-state index contributed by atoms with van der Waals surface area (Å²) in [6.07, 6.45) is 2.55. The van der Waals surface area contributed by atoms with Gasteiger partial charge in [-0.1, -0.05) is 0 Å². The van der Waals surface area contributed by atoms with Gasteiger partial charge in [-0.05, 0) is 55.7 Å². The van der Waals surface area contributed by atoms with Crippen LogP contribution < -0.4 is 10.6 Å². The molecule has 32 heavy (non-hydrogen) atoms. The summed E-state index contributed by atoms with van der Waals surface area (Å²) in [6, 6.07) is 4.70. The second kappa shape index (κ2) is 9.64. The summed E-state index contributed by atoms with van der Waals surface area (Å²) in [5.74, 6) is -1.15. The Hall–Kier alpha value is -3.01. The molecule has 4 N–H and O–H groups in total. The summed E-state index contributed by atoms with van der Waals surface area (Å²) in [4.78, 5) is 24.1. The molecule has 0 unspecified atom stereocenters. The van der Waals surface area contributed by atoms with Gasteiger partial charge in [-0.15, -0.1) is 0 Å². The molecule has 0 spiro atoms. The number of nitrogens with one attached hydrogen (secondary N) is 3. The third-order valence-electron chi connectivity index (χ3n) is 6.00. The molecule has 0 radical (unpaired) electrons. The summed E-state index contributed by atoms with van der Waals surface area (Å²) in [5, 5.41) is 21.6. The van der Waals surface area contributed by atoms with Gasteiger partial charge in [0.1, 0.15) is 17.7 Å². The van der Waals surface area contributed by atoms with Crippen LogP contribution in [0.4, 0.5) is 19.4 Å². The number of anilines is 1. The number of aromatic amines is 1. The van der Waals surface area contributed by atoms with Crippen LogP contribution in [0.2, 0.25) is 0 Å². The average molecular weight is 448 g/mol. The van der Waals surface area contributed by atoms with Gasteiger partial charge in [0.15, 0.2) is 5.82 Å². The number of halogens is 2. The van der Waals surface area contributed by atoms with E-state index < -0.39 is 23.6 Å². The zero-order valence-corrected chi connectivity index (χ0v) is 17.4. The molecule has 0 saturated heterocycles. The van der Waals surface area contributed by atoms with E-state index in [9.17, 15) is 23.5 Å². The van der Waals surface area contributed by atoms with Crippen LogP contribution in [-0.2, 0) is 16.0 Å². The predicted octanol–water partition coefficient (Wildman–Crippen LogP) is 3.00. The molecule has 2 aliphatic rings. The molecular weight excluding hydrogens is 422 g/mol. The lowest BCUT2D eigenvalue weighted by Gasteiger charge is -2.31. The Bertz CT molecular complexity index is 956. The number of nitrogens with zero attached hydrogens (tertiary/aromatic N) is 1. The van der Waals surface area contributed by atoms with E-state index in [-0.39, 0.29) is 30.1 Å². The van der Waals surface area contributed by atoms with Crippen molar-refractivity contribution in [3.63, 3.8) is 0 Å². The Morgan fingerprint density at radius 3 is 2.59 bits per heavy atom. The van der Waals surface area contributed by atoms with Crippen LogP contribution in [0.1, 0.15) is 49.3 Å². The molecule has 2 aliphatic carbocycles. The molecule has 2 amide bonds. The zero-order valence-electron chi connectivity index (χ0n) is 17.4. The zero-order chi connectivity index (χ0) is 22.7. The molecule has 0 aliphatic heterocycles. The van der Waals surface area contributed by atoms with Crippen LogP contribution in [0.25, 0.3) is 0 Å². The first-order valence-electron chi connectivity index (χ1n) is 10.8. The number of hydrogen-bond acceptors (Lipinski definition) is 5. The minimum Gasteiger partial charge on any atom is -0.446 e. The summed E-state index contributed by atoms with van der Waals surface area (Å²) < 4.78 is 32.0. The van der Waals surface area contributed by atoms with Crippen molar-refractivity contribution in [2.24, 2.45) is 5.92 Å². The highest BCUT2D eigenvalue weighted by molar-refractivity contribution is 5.91. The molecule has 4 rings (SSSR count).